The van der Waals surface area contributed by atoms with Gasteiger partial charge in [0.05, 0.1) is 7.11 Å². The molecular formula is C21H20ClN2O. The highest BCUT2D eigenvalue weighted by atomic mass is 35.5. The van der Waals surface area contributed by atoms with E-state index in [4.69, 9.17) is 16.3 Å². The highest BCUT2D eigenvalue weighted by Crippen LogP contribution is 2.36. The first-order valence-electron chi connectivity index (χ1n) is 8.07. The lowest BCUT2D eigenvalue weighted by Crippen LogP contribution is -2.13. The number of nitrogens with zero attached hydrogens (tertiary/aromatic N) is 2. The molecule has 0 spiro atoms. The quantitative estimate of drug-likeness (QED) is 0.618. The van der Waals surface area contributed by atoms with Crippen LogP contribution in [0.5, 0.6) is 5.88 Å². The summed E-state index contributed by atoms with van der Waals surface area (Å²) in [4.78, 5) is 8.97. The van der Waals surface area contributed by atoms with E-state index in [1.54, 1.807) is 13.2 Å². The number of methoxy groups -OCH3 is 1. The summed E-state index contributed by atoms with van der Waals surface area (Å²) in [5.74, 6) is 0.543. The van der Waals surface area contributed by atoms with E-state index in [0.29, 0.717) is 10.9 Å². The second-order valence-corrected chi connectivity index (χ2v) is 7.27. The van der Waals surface area contributed by atoms with Crippen LogP contribution in [0.3, 0.4) is 0 Å². The zero-order chi connectivity index (χ0) is 18.0. The molecule has 0 unspecified atom stereocenters. The normalized spacial score (nSPS) is 11.4. The Morgan fingerprint density at radius 1 is 1.04 bits per heavy atom. The van der Waals surface area contributed by atoms with Gasteiger partial charge in [0.1, 0.15) is 0 Å². The van der Waals surface area contributed by atoms with Crippen LogP contribution in [0.2, 0.25) is 5.02 Å². The van der Waals surface area contributed by atoms with Crippen molar-refractivity contribution >= 4 is 11.6 Å². The fourth-order valence-corrected chi connectivity index (χ4v) is 2.84. The Labute approximate surface area is 153 Å². The third kappa shape index (κ3) is 3.67. The van der Waals surface area contributed by atoms with E-state index in [-0.39, 0.29) is 5.41 Å². The smallest absolute Gasteiger partial charge is 0.221 e. The van der Waals surface area contributed by atoms with Crippen molar-refractivity contribution in [1.29, 1.82) is 0 Å². The van der Waals surface area contributed by atoms with Gasteiger partial charge in [-0.1, -0.05) is 44.5 Å². The van der Waals surface area contributed by atoms with Crippen molar-refractivity contribution in [1.82, 2.24) is 9.97 Å². The Balaban J connectivity index is 2.14. The van der Waals surface area contributed by atoms with Gasteiger partial charge >= 0.3 is 0 Å². The lowest BCUT2D eigenvalue weighted by molar-refractivity contribution is 0.400. The van der Waals surface area contributed by atoms with Crippen LogP contribution in [0.1, 0.15) is 26.5 Å². The molecular weight excluding hydrogens is 332 g/mol. The Morgan fingerprint density at radius 3 is 2.52 bits per heavy atom. The summed E-state index contributed by atoms with van der Waals surface area (Å²) in [7, 11) is 1.61. The summed E-state index contributed by atoms with van der Waals surface area (Å²) >= 11 is 6.35. The molecule has 2 heterocycles. The second kappa shape index (κ2) is 6.85. The van der Waals surface area contributed by atoms with Crippen molar-refractivity contribution in [3.05, 3.63) is 65.6 Å². The van der Waals surface area contributed by atoms with Crippen molar-refractivity contribution in [2.75, 3.05) is 7.11 Å². The van der Waals surface area contributed by atoms with E-state index in [0.717, 1.165) is 27.9 Å². The van der Waals surface area contributed by atoms with Gasteiger partial charge < -0.3 is 4.74 Å². The molecule has 0 fully saturated rings. The van der Waals surface area contributed by atoms with E-state index in [1.165, 1.54) is 0 Å². The molecule has 0 atom stereocenters. The molecule has 4 heteroatoms. The van der Waals surface area contributed by atoms with E-state index >= 15 is 0 Å². The molecule has 3 nitrogen and oxygen atoms in total. The van der Waals surface area contributed by atoms with Crippen LogP contribution in [0.25, 0.3) is 22.3 Å². The zero-order valence-electron chi connectivity index (χ0n) is 14.8. The fraction of sp³-hybridized carbons (Fsp3) is 0.238. The molecule has 3 aromatic rings. The van der Waals surface area contributed by atoms with Crippen molar-refractivity contribution in [2.24, 2.45) is 0 Å². The molecule has 1 radical (unpaired) electrons. The molecule has 0 aliphatic rings. The van der Waals surface area contributed by atoms with Crippen LogP contribution < -0.4 is 4.74 Å². The summed E-state index contributed by atoms with van der Waals surface area (Å²) in [6.07, 6.45) is 3.65. The average Bonchev–Trinajstić information content (AvgIpc) is 2.61. The van der Waals surface area contributed by atoms with Crippen LogP contribution in [0.15, 0.2) is 48.8 Å². The number of aromatic nitrogens is 2. The maximum absolute atomic E-state index is 6.35. The van der Waals surface area contributed by atoms with Crippen molar-refractivity contribution in [3.8, 4) is 28.1 Å². The fourth-order valence-electron chi connectivity index (χ4n) is 2.61. The monoisotopic (exact) mass is 351 g/mol. The maximum Gasteiger partial charge on any atom is 0.221 e. The van der Waals surface area contributed by atoms with Crippen LogP contribution >= 0.6 is 11.6 Å². The highest BCUT2D eigenvalue weighted by molar-refractivity contribution is 6.33. The minimum Gasteiger partial charge on any atom is -0.481 e. The largest absolute Gasteiger partial charge is 0.481 e. The molecule has 0 aliphatic carbocycles. The van der Waals surface area contributed by atoms with E-state index in [9.17, 15) is 0 Å². The maximum atomic E-state index is 6.35. The molecule has 3 rings (SSSR count). The number of ether oxygens (including phenoxy) is 1. The van der Waals surface area contributed by atoms with Crippen LogP contribution in [0, 0.1) is 6.07 Å². The summed E-state index contributed by atoms with van der Waals surface area (Å²) in [5.41, 5.74) is 4.80. The summed E-state index contributed by atoms with van der Waals surface area (Å²) in [6, 6.07) is 14.6. The third-order valence-electron chi connectivity index (χ3n) is 4.01. The molecule has 0 N–H and O–H groups in total. The Kier molecular flexibility index (Phi) is 4.78. The molecule has 127 valence electrons. The first kappa shape index (κ1) is 17.4. The average molecular weight is 352 g/mol. The van der Waals surface area contributed by atoms with E-state index in [2.05, 4.69) is 48.9 Å². The first-order valence-corrected chi connectivity index (χ1v) is 8.45. The van der Waals surface area contributed by atoms with Crippen LogP contribution in [0.4, 0.5) is 0 Å². The first-order chi connectivity index (χ1) is 11.9. The zero-order valence-corrected chi connectivity index (χ0v) is 15.6. The summed E-state index contributed by atoms with van der Waals surface area (Å²) in [6.45, 7) is 6.45. The van der Waals surface area contributed by atoms with Gasteiger partial charge in [0, 0.05) is 45.2 Å². The molecule has 0 saturated heterocycles. The number of hydrogen-bond acceptors (Lipinski definition) is 3. The molecule has 0 amide bonds. The minimum atomic E-state index is -0.0166. The number of pyridine rings is 2. The number of rotatable bonds is 3. The molecule has 0 aliphatic heterocycles. The van der Waals surface area contributed by atoms with Gasteiger partial charge in [0.2, 0.25) is 5.88 Å². The number of hydrogen-bond donors (Lipinski definition) is 0. The molecule has 0 bridgehead atoms. The van der Waals surface area contributed by atoms with E-state index in [1.807, 2.05) is 30.6 Å². The van der Waals surface area contributed by atoms with Gasteiger partial charge in [-0.05, 0) is 35.9 Å². The van der Waals surface area contributed by atoms with Crippen LogP contribution in [-0.4, -0.2) is 17.1 Å². The predicted molar refractivity (Wildman–Crippen MR) is 102 cm³/mol. The SMILES string of the molecule is COc1ncc(-c2ccnc(C(C)(C)C)c2)cc1-c1cc[c]cc1Cl. The topological polar surface area (TPSA) is 35.0 Å². The summed E-state index contributed by atoms with van der Waals surface area (Å²) < 4.78 is 5.43. The van der Waals surface area contributed by atoms with Gasteiger partial charge in [0.15, 0.2) is 0 Å². The highest BCUT2D eigenvalue weighted by Gasteiger charge is 2.17. The molecule has 0 saturated carbocycles. The van der Waals surface area contributed by atoms with Crippen molar-refractivity contribution in [3.63, 3.8) is 0 Å². The third-order valence-corrected chi connectivity index (χ3v) is 4.32. The summed E-state index contributed by atoms with van der Waals surface area (Å²) in [5, 5.41) is 0.616. The molecule has 2 aromatic heterocycles. The number of benzene rings is 1. The van der Waals surface area contributed by atoms with Gasteiger partial charge in [-0.15, -0.1) is 0 Å². The van der Waals surface area contributed by atoms with Crippen LogP contribution in [-0.2, 0) is 5.41 Å². The lowest BCUT2D eigenvalue weighted by Gasteiger charge is -2.18. The van der Waals surface area contributed by atoms with Gasteiger partial charge in [-0.3, -0.25) is 4.98 Å². The second-order valence-electron chi connectivity index (χ2n) is 6.87. The van der Waals surface area contributed by atoms with Gasteiger partial charge in [0.25, 0.3) is 0 Å². The van der Waals surface area contributed by atoms with Gasteiger partial charge in [-0.25, -0.2) is 4.98 Å². The Hall–Kier alpha value is -2.39. The Morgan fingerprint density at radius 2 is 1.84 bits per heavy atom. The van der Waals surface area contributed by atoms with Crippen molar-refractivity contribution < 1.29 is 4.74 Å². The number of halogens is 1. The molecule has 25 heavy (non-hydrogen) atoms. The lowest BCUT2D eigenvalue weighted by atomic mass is 9.90. The molecule has 1 aromatic carbocycles. The van der Waals surface area contributed by atoms with Crippen molar-refractivity contribution in [2.45, 2.75) is 26.2 Å². The Bertz CT molecular complexity index is 900. The van der Waals surface area contributed by atoms with Gasteiger partial charge in [-0.2, -0.15) is 0 Å². The van der Waals surface area contributed by atoms with E-state index < -0.39 is 0 Å². The minimum absolute atomic E-state index is 0.0166. The standard InChI is InChI=1S/C21H20ClN2O/c1-21(2,3)19-12-14(9-10-23-19)15-11-17(20(25-4)24-13-15)16-7-5-6-8-18(16)22/h5,7-13H,1-4H3. The predicted octanol–water partition coefficient (Wildman–Crippen LogP) is 5.57.